The number of halogens is 2. The normalized spacial score (nSPS) is 28.1. The zero-order valence-electron chi connectivity index (χ0n) is 11.0. The maximum absolute atomic E-state index is 13.9. The van der Waals surface area contributed by atoms with E-state index in [0.717, 1.165) is 18.7 Å². The fraction of sp³-hybridized carbons (Fsp3) is 0.600. The van der Waals surface area contributed by atoms with Gasteiger partial charge in [-0.15, -0.1) is 0 Å². The smallest absolute Gasteiger partial charge is 0.129 e. The Kier molecular flexibility index (Phi) is 4.06. The summed E-state index contributed by atoms with van der Waals surface area (Å²) in [6.07, 6.45) is 4.97. The molecule has 0 aromatic heterocycles. The van der Waals surface area contributed by atoms with E-state index in [4.69, 9.17) is 11.6 Å². The molecular formula is C15H20ClFN2. The topological polar surface area (TPSA) is 15.3 Å². The van der Waals surface area contributed by atoms with Crippen LogP contribution >= 0.6 is 11.6 Å². The van der Waals surface area contributed by atoms with Crippen LogP contribution in [0.2, 0.25) is 5.02 Å². The SMILES string of the molecule is Fc1cc(Cl)ccc1CN1CCCC1C1CCCN1. The molecule has 0 spiro atoms. The molecule has 0 saturated carbocycles. The molecule has 0 bridgehead atoms. The molecular weight excluding hydrogens is 263 g/mol. The first-order valence-electron chi connectivity index (χ1n) is 7.15. The molecule has 3 rings (SSSR count). The van der Waals surface area contributed by atoms with E-state index in [0.29, 0.717) is 23.7 Å². The number of rotatable bonds is 3. The van der Waals surface area contributed by atoms with Crippen molar-refractivity contribution in [3.8, 4) is 0 Å². The van der Waals surface area contributed by atoms with Crippen molar-refractivity contribution < 1.29 is 4.39 Å². The monoisotopic (exact) mass is 282 g/mol. The van der Waals surface area contributed by atoms with Gasteiger partial charge in [-0.2, -0.15) is 0 Å². The van der Waals surface area contributed by atoms with E-state index in [1.807, 2.05) is 6.07 Å². The van der Waals surface area contributed by atoms with Gasteiger partial charge in [0.25, 0.3) is 0 Å². The average molecular weight is 283 g/mol. The van der Waals surface area contributed by atoms with E-state index in [9.17, 15) is 4.39 Å². The van der Waals surface area contributed by atoms with Crippen LogP contribution in [-0.4, -0.2) is 30.1 Å². The Hall–Kier alpha value is -0.640. The summed E-state index contributed by atoms with van der Waals surface area (Å²) in [4.78, 5) is 2.43. The molecule has 2 unspecified atom stereocenters. The zero-order chi connectivity index (χ0) is 13.2. The molecule has 1 N–H and O–H groups in total. The van der Waals surface area contributed by atoms with Crippen LogP contribution in [0.3, 0.4) is 0 Å². The summed E-state index contributed by atoms with van der Waals surface area (Å²) in [5, 5.41) is 4.05. The predicted octanol–water partition coefficient (Wildman–Crippen LogP) is 3.20. The van der Waals surface area contributed by atoms with Crippen molar-refractivity contribution in [2.45, 2.75) is 44.3 Å². The maximum Gasteiger partial charge on any atom is 0.129 e. The van der Waals surface area contributed by atoms with Crippen molar-refractivity contribution in [3.63, 3.8) is 0 Å². The second-order valence-electron chi connectivity index (χ2n) is 5.62. The van der Waals surface area contributed by atoms with Gasteiger partial charge in [-0.05, 0) is 50.9 Å². The second kappa shape index (κ2) is 5.78. The molecule has 2 fully saturated rings. The van der Waals surface area contributed by atoms with Crippen LogP contribution in [0.5, 0.6) is 0 Å². The Bertz CT molecular complexity index is 446. The third-order valence-electron chi connectivity index (χ3n) is 4.37. The van der Waals surface area contributed by atoms with Crippen LogP contribution in [0.1, 0.15) is 31.2 Å². The molecule has 1 aromatic rings. The lowest BCUT2D eigenvalue weighted by Crippen LogP contribution is -2.43. The van der Waals surface area contributed by atoms with Crippen LogP contribution in [0.25, 0.3) is 0 Å². The van der Waals surface area contributed by atoms with Gasteiger partial charge in [0.2, 0.25) is 0 Å². The molecule has 2 aliphatic heterocycles. The highest BCUT2D eigenvalue weighted by atomic mass is 35.5. The summed E-state index contributed by atoms with van der Waals surface area (Å²) < 4.78 is 13.9. The number of nitrogens with one attached hydrogen (secondary N) is 1. The Morgan fingerprint density at radius 1 is 1.32 bits per heavy atom. The number of benzene rings is 1. The summed E-state index contributed by atoms with van der Waals surface area (Å²) in [6, 6.07) is 6.17. The summed E-state index contributed by atoms with van der Waals surface area (Å²) in [7, 11) is 0. The van der Waals surface area contributed by atoms with Crippen LogP contribution < -0.4 is 5.32 Å². The minimum Gasteiger partial charge on any atom is -0.312 e. The van der Waals surface area contributed by atoms with Crippen LogP contribution in [0.4, 0.5) is 4.39 Å². The first kappa shape index (κ1) is 13.3. The van der Waals surface area contributed by atoms with E-state index < -0.39 is 0 Å². The highest BCUT2D eigenvalue weighted by Gasteiger charge is 2.33. The van der Waals surface area contributed by atoms with Gasteiger partial charge in [0.1, 0.15) is 5.82 Å². The fourth-order valence-electron chi connectivity index (χ4n) is 3.41. The van der Waals surface area contributed by atoms with Crippen molar-refractivity contribution in [1.82, 2.24) is 10.2 Å². The molecule has 0 aliphatic carbocycles. The molecule has 2 saturated heterocycles. The molecule has 0 amide bonds. The van der Waals surface area contributed by atoms with Crippen molar-refractivity contribution in [2.75, 3.05) is 13.1 Å². The molecule has 2 nitrogen and oxygen atoms in total. The number of hydrogen-bond donors (Lipinski definition) is 1. The summed E-state index contributed by atoms with van der Waals surface area (Å²) in [5.41, 5.74) is 0.759. The molecule has 1 aromatic carbocycles. The predicted molar refractivity (Wildman–Crippen MR) is 75.9 cm³/mol. The lowest BCUT2D eigenvalue weighted by Gasteiger charge is -2.29. The molecule has 19 heavy (non-hydrogen) atoms. The van der Waals surface area contributed by atoms with Gasteiger partial charge in [-0.1, -0.05) is 17.7 Å². The standard InChI is InChI=1S/C15H20ClFN2/c16-12-6-5-11(13(17)9-12)10-19-8-2-4-15(19)14-3-1-7-18-14/h5-6,9,14-15,18H,1-4,7-8,10H2. The minimum atomic E-state index is -0.183. The van der Waals surface area contributed by atoms with E-state index in [1.165, 1.54) is 31.7 Å². The van der Waals surface area contributed by atoms with Crippen LogP contribution in [-0.2, 0) is 6.54 Å². The van der Waals surface area contributed by atoms with Crippen LogP contribution in [0, 0.1) is 5.82 Å². The lowest BCUT2D eigenvalue weighted by molar-refractivity contribution is 0.204. The summed E-state index contributed by atoms with van der Waals surface area (Å²) in [5.74, 6) is -0.183. The van der Waals surface area contributed by atoms with Crippen molar-refractivity contribution >= 4 is 11.6 Å². The van der Waals surface area contributed by atoms with E-state index in [-0.39, 0.29) is 5.82 Å². The first-order valence-corrected chi connectivity index (χ1v) is 7.53. The largest absolute Gasteiger partial charge is 0.312 e. The second-order valence-corrected chi connectivity index (χ2v) is 6.06. The Morgan fingerprint density at radius 3 is 2.95 bits per heavy atom. The maximum atomic E-state index is 13.9. The van der Waals surface area contributed by atoms with Crippen molar-refractivity contribution in [3.05, 3.63) is 34.6 Å². The molecule has 0 radical (unpaired) electrons. The molecule has 2 aliphatic rings. The van der Waals surface area contributed by atoms with E-state index in [2.05, 4.69) is 10.2 Å². The Morgan fingerprint density at radius 2 is 2.21 bits per heavy atom. The zero-order valence-corrected chi connectivity index (χ0v) is 11.8. The van der Waals surface area contributed by atoms with Gasteiger partial charge >= 0.3 is 0 Å². The number of hydrogen-bond acceptors (Lipinski definition) is 2. The Labute approximate surface area is 118 Å². The first-order chi connectivity index (χ1) is 9.24. The van der Waals surface area contributed by atoms with Crippen molar-refractivity contribution in [2.24, 2.45) is 0 Å². The average Bonchev–Trinajstić information content (AvgIpc) is 3.03. The molecule has 2 atom stereocenters. The fourth-order valence-corrected chi connectivity index (χ4v) is 3.57. The molecule has 4 heteroatoms. The van der Waals surface area contributed by atoms with Gasteiger partial charge in [0, 0.05) is 29.2 Å². The minimum absolute atomic E-state index is 0.183. The van der Waals surface area contributed by atoms with Crippen molar-refractivity contribution in [1.29, 1.82) is 0 Å². The van der Waals surface area contributed by atoms with Gasteiger partial charge in [-0.25, -0.2) is 4.39 Å². The number of likely N-dealkylation sites (tertiary alicyclic amines) is 1. The van der Waals surface area contributed by atoms with E-state index >= 15 is 0 Å². The highest BCUT2D eigenvalue weighted by molar-refractivity contribution is 6.30. The third kappa shape index (κ3) is 2.93. The summed E-state index contributed by atoms with van der Waals surface area (Å²) >= 11 is 5.80. The molecule has 104 valence electrons. The third-order valence-corrected chi connectivity index (χ3v) is 4.60. The van der Waals surface area contributed by atoms with Gasteiger partial charge in [-0.3, -0.25) is 4.90 Å². The summed E-state index contributed by atoms with van der Waals surface area (Å²) in [6.45, 7) is 2.90. The number of nitrogens with zero attached hydrogens (tertiary/aromatic N) is 1. The molecule has 2 heterocycles. The van der Waals surface area contributed by atoms with Gasteiger partial charge < -0.3 is 5.32 Å². The van der Waals surface area contributed by atoms with Crippen LogP contribution in [0.15, 0.2) is 18.2 Å². The van der Waals surface area contributed by atoms with E-state index in [1.54, 1.807) is 6.07 Å². The lowest BCUT2D eigenvalue weighted by atomic mass is 10.0. The quantitative estimate of drug-likeness (QED) is 0.916. The highest BCUT2D eigenvalue weighted by Crippen LogP contribution is 2.27. The van der Waals surface area contributed by atoms with Gasteiger partial charge in [0.15, 0.2) is 0 Å². The van der Waals surface area contributed by atoms with Gasteiger partial charge in [0.05, 0.1) is 0 Å². The Balaban J connectivity index is 1.70.